The van der Waals surface area contributed by atoms with E-state index < -0.39 is 11.6 Å². The minimum atomic E-state index is -0.800. The number of likely N-dealkylation sites (tertiary alicyclic amines) is 1. The molecule has 1 aromatic rings. The first-order valence-corrected chi connectivity index (χ1v) is 12.1. The number of amides is 4. The molecular formula is C25H36N4O3. The van der Waals surface area contributed by atoms with E-state index in [9.17, 15) is 14.4 Å². The quantitative estimate of drug-likeness (QED) is 0.666. The number of hydrogen-bond donors (Lipinski definition) is 2. The molecule has 3 aliphatic rings. The zero-order valence-corrected chi connectivity index (χ0v) is 19.4. The molecular weight excluding hydrogens is 404 g/mol. The smallest absolute Gasteiger partial charge is 0.325 e. The highest BCUT2D eigenvalue weighted by molar-refractivity contribution is 6.09. The molecule has 0 aromatic heterocycles. The fraction of sp³-hybridized carbons (Fsp3) is 0.640. The lowest BCUT2D eigenvalue weighted by Crippen LogP contribution is -2.49. The summed E-state index contributed by atoms with van der Waals surface area (Å²) < 4.78 is 0. The summed E-state index contributed by atoms with van der Waals surface area (Å²) in [7, 11) is 0. The number of rotatable bonds is 6. The van der Waals surface area contributed by atoms with Gasteiger partial charge in [-0.25, -0.2) is 4.79 Å². The van der Waals surface area contributed by atoms with Crippen LogP contribution in [-0.2, 0) is 22.7 Å². The van der Waals surface area contributed by atoms with Gasteiger partial charge in [0.05, 0.1) is 0 Å². The molecule has 1 atom stereocenters. The summed E-state index contributed by atoms with van der Waals surface area (Å²) in [6.45, 7) is 6.73. The van der Waals surface area contributed by atoms with Crippen molar-refractivity contribution in [3.05, 3.63) is 35.4 Å². The van der Waals surface area contributed by atoms with Gasteiger partial charge in [-0.15, -0.1) is 0 Å². The molecule has 4 amide bonds. The summed E-state index contributed by atoms with van der Waals surface area (Å²) in [5.74, 6) is -0.000827. The van der Waals surface area contributed by atoms with E-state index in [-0.39, 0.29) is 18.4 Å². The van der Waals surface area contributed by atoms with Crippen molar-refractivity contribution in [2.45, 2.75) is 83.5 Å². The number of carbonyl (C=O) groups excluding carboxylic acids is 3. The molecule has 2 N–H and O–H groups in total. The van der Waals surface area contributed by atoms with Crippen LogP contribution in [0.1, 0.15) is 69.9 Å². The van der Waals surface area contributed by atoms with Crippen molar-refractivity contribution in [2.75, 3.05) is 13.1 Å². The van der Waals surface area contributed by atoms with Crippen LogP contribution in [0.25, 0.3) is 0 Å². The lowest BCUT2D eigenvalue weighted by molar-refractivity contribution is -0.136. The van der Waals surface area contributed by atoms with E-state index in [1.54, 1.807) is 0 Å². The molecule has 1 aliphatic carbocycles. The molecule has 2 aliphatic heterocycles. The maximum absolute atomic E-state index is 12.9. The van der Waals surface area contributed by atoms with Gasteiger partial charge in [-0.1, -0.05) is 37.6 Å². The monoisotopic (exact) mass is 440 g/mol. The molecule has 7 nitrogen and oxygen atoms in total. The Morgan fingerprint density at radius 1 is 1.06 bits per heavy atom. The second kappa shape index (κ2) is 9.61. The summed E-state index contributed by atoms with van der Waals surface area (Å²) in [4.78, 5) is 41.3. The van der Waals surface area contributed by atoms with Gasteiger partial charge in [0.15, 0.2) is 0 Å². The average molecular weight is 441 g/mol. The zero-order chi connectivity index (χ0) is 22.7. The van der Waals surface area contributed by atoms with Gasteiger partial charge in [0, 0.05) is 19.1 Å². The summed E-state index contributed by atoms with van der Waals surface area (Å²) in [6, 6.07) is 8.49. The van der Waals surface area contributed by atoms with Crippen molar-refractivity contribution in [2.24, 2.45) is 5.92 Å². The van der Waals surface area contributed by atoms with Crippen molar-refractivity contribution in [1.29, 1.82) is 0 Å². The zero-order valence-electron chi connectivity index (χ0n) is 19.4. The Morgan fingerprint density at radius 2 is 1.75 bits per heavy atom. The van der Waals surface area contributed by atoms with E-state index in [0.29, 0.717) is 31.3 Å². The molecule has 4 rings (SSSR count). The number of nitrogens with zero attached hydrogens (tertiary/aromatic N) is 2. The standard InChI is InChI=1S/C25H36N4O3/c1-18-10-12-25(13-11-18)23(31)29(24(32)27-25)17-22(30)26-15-20-6-8-21(9-7-20)16-28-14-4-3-5-19(28)2/h6-9,18-19H,3-5,10-17H2,1-2H3,(H,26,30)(H,27,32). The average Bonchev–Trinajstić information content (AvgIpc) is 3.01. The Bertz CT molecular complexity index is 845. The van der Waals surface area contributed by atoms with Crippen LogP contribution in [0.5, 0.6) is 0 Å². The molecule has 1 saturated carbocycles. The van der Waals surface area contributed by atoms with Crippen LogP contribution in [0, 0.1) is 5.92 Å². The molecule has 32 heavy (non-hydrogen) atoms. The molecule has 0 radical (unpaired) electrons. The Hall–Kier alpha value is -2.41. The summed E-state index contributed by atoms with van der Waals surface area (Å²) >= 11 is 0. The van der Waals surface area contributed by atoms with Gasteiger partial charge in [0.2, 0.25) is 5.91 Å². The van der Waals surface area contributed by atoms with Gasteiger partial charge in [0.1, 0.15) is 12.1 Å². The second-order valence-electron chi connectivity index (χ2n) is 9.99. The third-order valence-electron chi connectivity index (χ3n) is 7.51. The second-order valence-corrected chi connectivity index (χ2v) is 9.99. The first-order chi connectivity index (χ1) is 15.4. The first kappa shape index (κ1) is 22.8. The van der Waals surface area contributed by atoms with Crippen LogP contribution >= 0.6 is 0 Å². The number of nitrogens with one attached hydrogen (secondary N) is 2. The number of benzene rings is 1. The van der Waals surface area contributed by atoms with Crippen molar-refractivity contribution in [3.63, 3.8) is 0 Å². The van der Waals surface area contributed by atoms with Crippen LogP contribution in [0.4, 0.5) is 4.79 Å². The number of carbonyl (C=O) groups is 3. The summed E-state index contributed by atoms with van der Waals surface area (Å²) in [6.07, 6.45) is 6.99. The van der Waals surface area contributed by atoms with Crippen molar-refractivity contribution < 1.29 is 14.4 Å². The van der Waals surface area contributed by atoms with E-state index >= 15 is 0 Å². The van der Waals surface area contributed by atoms with Crippen LogP contribution in [0.3, 0.4) is 0 Å². The molecule has 2 saturated heterocycles. The van der Waals surface area contributed by atoms with Crippen molar-refractivity contribution >= 4 is 17.8 Å². The summed E-state index contributed by atoms with van der Waals surface area (Å²) in [5, 5.41) is 5.72. The van der Waals surface area contributed by atoms with E-state index in [1.165, 1.54) is 24.8 Å². The first-order valence-electron chi connectivity index (χ1n) is 12.1. The van der Waals surface area contributed by atoms with Gasteiger partial charge >= 0.3 is 6.03 Å². The molecule has 3 fully saturated rings. The fourth-order valence-corrected chi connectivity index (χ4v) is 5.20. The third-order valence-corrected chi connectivity index (χ3v) is 7.51. The Kier molecular flexibility index (Phi) is 6.84. The maximum Gasteiger partial charge on any atom is 0.325 e. The van der Waals surface area contributed by atoms with Gasteiger partial charge in [-0.05, 0) is 69.0 Å². The van der Waals surface area contributed by atoms with Crippen molar-refractivity contribution in [1.82, 2.24) is 20.4 Å². The third kappa shape index (κ3) is 4.98. The molecule has 7 heteroatoms. The Labute approximate surface area is 190 Å². The minimum absolute atomic E-state index is 0.229. The molecule has 1 spiro atoms. The van der Waals surface area contributed by atoms with E-state index in [4.69, 9.17) is 0 Å². The van der Waals surface area contributed by atoms with Gasteiger partial charge < -0.3 is 10.6 Å². The fourth-order valence-electron chi connectivity index (χ4n) is 5.20. The lowest BCUT2D eigenvalue weighted by atomic mass is 9.77. The molecule has 0 bridgehead atoms. The van der Waals surface area contributed by atoms with Crippen LogP contribution in [0.2, 0.25) is 0 Å². The predicted octanol–water partition coefficient (Wildman–Crippen LogP) is 3.18. The van der Waals surface area contributed by atoms with E-state index in [1.807, 2.05) is 12.1 Å². The number of imide groups is 1. The highest BCUT2D eigenvalue weighted by atomic mass is 16.2. The van der Waals surface area contributed by atoms with Crippen molar-refractivity contribution in [3.8, 4) is 0 Å². The number of piperidine rings is 1. The Balaban J connectivity index is 1.26. The normalized spacial score (nSPS) is 28.8. The van der Waals surface area contributed by atoms with Crippen LogP contribution in [0.15, 0.2) is 24.3 Å². The highest BCUT2D eigenvalue weighted by Crippen LogP contribution is 2.36. The lowest BCUT2D eigenvalue weighted by Gasteiger charge is -2.33. The van der Waals surface area contributed by atoms with Crippen LogP contribution in [-0.4, -0.2) is 52.3 Å². The molecule has 1 unspecified atom stereocenters. The maximum atomic E-state index is 12.9. The topological polar surface area (TPSA) is 81.8 Å². The van der Waals surface area contributed by atoms with E-state index in [2.05, 4.69) is 41.5 Å². The molecule has 1 aromatic carbocycles. The van der Waals surface area contributed by atoms with E-state index in [0.717, 1.165) is 36.4 Å². The Morgan fingerprint density at radius 3 is 2.44 bits per heavy atom. The predicted molar refractivity (Wildman–Crippen MR) is 123 cm³/mol. The SMILES string of the molecule is CC1CCC2(CC1)NC(=O)N(CC(=O)NCc1ccc(CN3CCCCC3C)cc1)C2=O. The molecule has 174 valence electrons. The largest absolute Gasteiger partial charge is 0.350 e. The number of urea groups is 1. The summed E-state index contributed by atoms with van der Waals surface area (Å²) in [5.41, 5.74) is 1.48. The highest BCUT2D eigenvalue weighted by Gasteiger charge is 2.52. The molecule has 2 heterocycles. The van der Waals surface area contributed by atoms with Gasteiger partial charge in [-0.2, -0.15) is 0 Å². The minimum Gasteiger partial charge on any atom is -0.350 e. The number of hydrogen-bond acceptors (Lipinski definition) is 4. The van der Waals surface area contributed by atoms with Gasteiger partial charge in [-0.3, -0.25) is 19.4 Å². The van der Waals surface area contributed by atoms with Gasteiger partial charge in [0.25, 0.3) is 5.91 Å². The van der Waals surface area contributed by atoms with Crippen LogP contribution < -0.4 is 10.6 Å².